The van der Waals surface area contributed by atoms with Crippen LogP contribution < -0.4 is 5.32 Å². The van der Waals surface area contributed by atoms with Crippen LogP contribution in [-0.2, 0) is 10.5 Å². The Bertz CT molecular complexity index is 806. The molecule has 0 aliphatic rings. The molecule has 3 aromatic rings. The van der Waals surface area contributed by atoms with E-state index in [1.165, 1.54) is 36.0 Å². The van der Waals surface area contributed by atoms with Crippen LogP contribution in [0.2, 0.25) is 0 Å². The third-order valence-corrected chi connectivity index (χ3v) is 4.11. The lowest BCUT2D eigenvalue weighted by Crippen LogP contribution is -2.14. The zero-order chi connectivity index (χ0) is 16.8. The average Bonchev–Trinajstić information content (AvgIpc) is 3.05. The molecule has 1 heterocycles. The first-order chi connectivity index (χ1) is 11.7. The second kappa shape index (κ2) is 7.74. The van der Waals surface area contributed by atoms with Crippen LogP contribution in [0, 0.1) is 5.82 Å². The van der Waals surface area contributed by atoms with E-state index in [4.69, 9.17) is 4.42 Å². The summed E-state index contributed by atoms with van der Waals surface area (Å²) in [5, 5.41) is 10.2. The molecule has 0 aliphatic carbocycles. The molecule has 3 rings (SSSR count). The van der Waals surface area contributed by atoms with Gasteiger partial charge in [0.2, 0.25) is 11.8 Å². The number of hydrogen-bond acceptors (Lipinski definition) is 5. The Hall–Kier alpha value is -2.67. The number of carbonyl (C=O) groups excluding carboxylic acids is 1. The minimum absolute atomic E-state index is 0.0274. The summed E-state index contributed by atoms with van der Waals surface area (Å²) in [4.78, 5) is 11.9. The lowest BCUT2D eigenvalue weighted by molar-refractivity contribution is -0.113. The Labute approximate surface area is 142 Å². The third-order valence-electron chi connectivity index (χ3n) is 3.11. The molecule has 0 spiro atoms. The molecule has 0 bridgehead atoms. The van der Waals surface area contributed by atoms with Gasteiger partial charge in [-0.25, -0.2) is 4.39 Å². The molecule has 0 fully saturated rings. The Balaban J connectivity index is 1.51. The van der Waals surface area contributed by atoms with E-state index in [-0.39, 0.29) is 29.4 Å². The molecule has 0 saturated carbocycles. The topological polar surface area (TPSA) is 68.0 Å². The number of nitrogens with zero attached hydrogens (tertiary/aromatic N) is 2. The highest BCUT2D eigenvalue weighted by Crippen LogP contribution is 2.20. The summed E-state index contributed by atoms with van der Waals surface area (Å²) in [5.41, 5.74) is 1.74. The molecule has 1 amide bonds. The van der Waals surface area contributed by atoms with Crippen LogP contribution in [0.4, 0.5) is 10.4 Å². The Kier molecular flexibility index (Phi) is 5.22. The minimum Gasteiger partial charge on any atom is -0.403 e. The van der Waals surface area contributed by atoms with Gasteiger partial charge >= 0.3 is 6.01 Å². The molecule has 1 aromatic heterocycles. The van der Waals surface area contributed by atoms with Gasteiger partial charge in [-0.05, 0) is 29.8 Å². The molecule has 0 radical (unpaired) electrons. The number of nitrogens with one attached hydrogen (secondary N) is 1. The molecule has 0 aliphatic heterocycles. The maximum atomic E-state index is 12.9. The van der Waals surface area contributed by atoms with E-state index in [9.17, 15) is 9.18 Å². The van der Waals surface area contributed by atoms with E-state index in [1.807, 2.05) is 30.3 Å². The molecule has 7 heteroatoms. The van der Waals surface area contributed by atoms with Gasteiger partial charge in [-0.3, -0.25) is 10.1 Å². The fourth-order valence-electron chi connectivity index (χ4n) is 1.97. The predicted octanol–water partition coefficient (Wildman–Crippen LogP) is 3.75. The molecule has 0 atom stereocenters. The maximum absolute atomic E-state index is 12.9. The van der Waals surface area contributed by atoms with Gasteiger partial charge in [0.25, 0.3) is 0 Å². The van der Waals surface area contributed by atoms with Crippen molar-refractivity contribution in [2.24, 2.45) is 0 Å². The first-order valence-electron chi connectivity index (χ1n) is 7.22. The first-order valence-corrected chi connectivity index (χ1v) is 8.37. The van der Waals surface area contributed by atoms with Crippen molar-refractivity contribution in [3.05, 3.63) is 66.0 Å². The highest BCUT2D eigenvalue weighted by atomic mass is 32.2. The second-order valence-electron chi connectivity index (χ2n) is 4.95. The average molecular weight is 343 g/mol. The highest BCUT2D eigenvalue weighted by molar-refractivity contribution is 7.99. The zero-order valence-electron chi connectivity index (χ0n) is 12.6. The first kappa shape index (κ1) is 16.2. The molecule has 5 nitrogen and oxygen atoms in total. The van der Waals surface area contributed by atoms with Gasteiger partial charge < -0.3 is 4.42 Å². The number of aromatic nitrogens is 2. The van der Waals surface area contributed by atoms with Gasteiger partial charge in [0.1, 0.15) is 5.82 Å². The summed E-state index contributed by atoms with van der Waals surface area (Å²) in [6, 6.07) is 15.6. The van der Waals surface area contributed by atoms with Gasteiger partial charge in [0.05, 0.1) is 5.75 Å². The summed E-state index contributed by atoms with van der Waals surface area (Å²) >= 11 is 1.49. The number of benzene rings is 2. The molecular weight excluding hydrogens is 329 g/mol. The summed E-state index contributed by atoms with van der Waals surface area (Å²) in [6.45, 7) is 0. The van der Waals surface area contributed by atoms with E-state index >= 15 is 0 Å². The molecule has 1 N–H and O–H groups in total. The van der Waals surface area contributed by atoms with Crippen LogP contribution >= 0.6 is 11.8 Å². The summed E-state index contributed by atoms with van der Waals surface area (Å²) in [7, 11) is 0. The standard InChI is InChI=1S/C17H14FN3O2S/c18-14-8-6-13(7-9-14)16-20-21-17(23-16)19-15(22)11-24-10-12-4-2-1-3-5-12/h1-9H,10-11H2,(H,19,21,22). The summed E-state index contributed by atoms with van der Waals surface area (Å²) < 4.78 is 18.3. The van der Waals surface area contributed by atoms with Crippen LogP contribution in [0.5, 0.6) is 0 Å². The van der Waals surface area contributed by atoms with Crippen molar-refractivity contribution in [3.63, 3.8) is 0 Å². The Morgan fingerprint density at radius 2 is 1.83 bits per heavy atom. The largest absolute Gasteiger partial charge is 0.403 e. The number of thioether (sulfide) groups is 1. The van der Waals surface area contributed by atoms with Gasteiger partial charge in [0, 0.05) is 11.3 Å². The van der Waals surface area contributed by atoms with Gasteiger partial charge in [-0.2, -0.15) is 0 Å². The van der Waals surface area contributed by atoms with Crippen molar-refractivity contribution in [1.82, 2.24) is 10.2 Å². The highest BCUT2D eigenvalue weighted by Gasteiger charge is 2.11. The summed E-state index contributed by atoms with van der Waals surface area (Å²) in [6.07, 6.45) is 0. The maximum Gasteiger partial charge on any atom is 0.322 e. The SMILES string of the molecule is O=C(CSCc1ccccc1)Nc1nnc(-c2ccc(F)cc2)o1. The number of rotatable bonds is 6. The number of carbonyl (C=O) groups is 1. The molecule has 2 aromatic carbocycles. The van der Waals surface area contributed by atoms with Crippen LogP contribution in [0.3, 0.4) is 0 Å². The molecular formula is C17H14FN3O2S. The number of hydrogen-bond donors (Lipinski definition) is 1. The number of anilines is 1. The minimum atomic E-state index is -0.345. The lowest BCUT2D eigenvalue weighted by atomic mass is 10.2. The van der Waals surface area contributed by atoms with E-state index in [0.29, 0.717) is 5.56 Å². The molecule has 0 saturated heterocycles. The number of halogens is 1. The van der Waals surface area contributed by atoms with E-state index in [0.717, 1.165) is 11.3 Å². The zero-order valence-corrected chi connectivity index (χ0v) is 13.4. The van der Waals surface area contributed by atoms with Crippen molar-refractivity contribution in [1.29, 1.82) is 0 Å². The van der Waals surface area contributed by atoms with Crippen LogP contribution in [0.25, 0.3) is 11.5 Å². The fourth-order valence-corrected chi connectivity index (χ4v) is 2.76. The van der Waals surface area contributed by atoms with Crippen molar-refractivity contribution in [2.45, 2.75) is 5.75 Å². The third kappa shape index (κ3) is 4.42. The van der Waals surface area contributed by atoms with Crippen molar-refractivity contribution < 1.29 is 13.6 Å². The quantitative estimate of drug-likeness (QED) is 0.738. The predicted molar refractivity (Wildman–Crippen MR) is 90.9 cm³/mol. The lowest BCUT2D eigenvalue weighted by Gasteiger charge is -2.01. The van der Waals surface area contributed by atoms with Crippen LogP contribution in [0.1, 0.15) is 5.56 Å². The van der Waals surface area contributed by atoms with Crippen LogP contribution in [0.15, 0.2) is 59.0 Å². The Morgan fingerprint density at radius 1 is 1.08 bits per heavy atom. The fraction of sp³-hybridized carbons (Fsp3) is 0.118. The number of amides is 1. The van der Waals surface area contributed by atoms with Gasteiger partial charge in [0.15, 0.2) is 0 Å². The second-order valence-corrected chi connectivity index (χ2v) is 5.93. The van der Waals surface area contributed by atoms with Crippen molar-refractivity contribution >= 4 is 23.7 Å². The molecule has 0 unspecified atom stereocenters. The van der Waals surface area contributed by atoms with Gasteiger partial charge in [-0.15, -0.1) is 16.9 Å². The van der Waals surface area contributed by atoms with Crippen molar-refractivity contribution in [2.75, 3.05) is 11.1 Å². The Morgan fingerprint density at radius 3 is 2.58 bits per heavy atom. The normalized spacial score (nSPS) is 10.5. The van der Waals surface area contributed by atoms with Crippen LogP contribution in [-0.4, -0.2) is 21.9 Å². The van der Waals surface area contributed by atoms with E-state index < -0.39 is 0 Å². The van der Waals surface area contributed by atoms with Crippen molar-refractivity contribution in [3.8, 4) is 11.5 Å². The molecule has 24 heavy (non-hydrogen) atoms. The van der Waals surface area contributed by atoms with E-state index in [1.54, 1.807) is 0 Å². The smallest absolute Gasteiger partial charge is 0.322 e. The molecule has 122 valence electrons. The van der Waals surface area contributed by atoms with Gasteiger partial charge in [-0.1, -0.05) is 35.4 Å². The monoisotopic (exact) mass is 343 g/mol. The summed E-state index contributed by atoms with van der Waals surface area (Å²) in [5.74, 6) is 0.692. The van der Waals surface area contributed by atoms with E-state index in [2.05, 4.69) is 15.5 Å².